The summed E-state index contributed by atoms with van der Waals surface area (Å²) in [6, 6.07) is 2.03. The summed E-state index contributed by atoms with van der Waals surface area (Å²) in [7, 11) is 0. The van der Waals surface area contributed by atoms with Crippen molar-refractivity contribution in [2.75, 3.05) is 0 Å². The number of furan rings is 1. The van der Waals surface area contributed by atoms with Gasteiger partial charge in [0, 0.05) is 5.56 Å². The Labute approximate surface area is 78.8 Å². The molecule has 1 aliphatic carbocycles. The van der Waals surface area contributed by atoms with Gasteiger partial charge in [0.25, 0.3) is 0 Å². The molecule has 2 rings (SSSR count). The summed E-state index contributed by atoms with van der Waals surface area (Å²) in [4.78, 5) is 0. The zero-order chi connectivity index (χ0) is 9.26. The highest BCUT2D eigenvalue weighted by molar-refractivity contribution is 5.70. The van der Waals surface area contributed by atoms with Crippen molar-refractivity contribution < 1.29 is 4.42 Å². The molecule has 0 saturated heterocycles. The molecule has 0 aliphatic heterocycles. The predicted molar refractivity (Wildman–Crippen MR) is 54.2 cm³/mol. The molecule has 1 heteroatoms. The average Bonchev–Trinajstić information content (AvgIpc) is 2.61. The standard InChI is InChI=1S/C12H14O/c1-9-3-4-10(2)12(7-9)11-5-6-13-8-11/h3,5-8,10H,4H2,1-2H3. The summed E-state index contributed by atoms with van der Waals surface area (Å²) in [5.74, 6) is 0.612. The lowest BCUT2D eigenvalue weighted by atomic mass is 9.87. The largest absolute Gasteiger partial charge is 0.472 e. The van der Waals surface area contributed by atoms with Crippen molar-refractivity contribution in [3.8, 4) is 0 Å². The van der Waals surface area contributed by atoms with Crippen LogP contribution in [0.2, 0.25) is 0 Å². The van der Waals surface area contributed by atoms with Gasteiger partial charge in [-0.2, -0.15) is 0 Å². The minimum atomic E-state index is 0.612. The molecule has 1 unspecified atom stereocenters. The van der Waals surface area contributed by atoms with Crippen LogP contribution in [0.15, 0.2) is 40.7 Å². The van der Waals surface area contributed by atoms with Crippen LogP contribution in [0.1, 0.15) is 25.8 Å². The van der Waals surface area contributed by atoms with Gasteiger partial charge in [-0.3, -0.25) is 0 Å². The van der Waals surface area contributed by atoms with Gasteiger partial charge in [-0.1, -0.05) is 24.6 Å². The Bertz CT molecular complexity index is 341. The van der Waals surface area contributed by atoms with E-state index in [-0.39, 0.29) is 0 Å². The van der Waals surface area contributed by atoms with Crippen LogP contribution in [-0.2, 0) is 0 Å². The van der Waals surface area contributed by atoms with Crippen LogP contribution in [-0.4, -0.2) is 0 Å². The van der Waals surface area contributed by atoms with Gasteiger partial charge in [-0.05, 0) is 30.9 Å². The van der Waals surface area contributed by atoms with Crippen LogP contribution in [0.3, 0.4) is 0 Å². The molecular formula is C12H14O. The lowest BCUT2D eigenvalue weighted by Crippen LogP contribution is -2.01. The van der Waals surface area contributed by atoms with Crippen LogP contribution in [0.4, 0.5) is 0 Å². The van der Waals surface area contributed by atoms with Crippen molar-refractivity contribution >= 4 is 5.57 Å². The van der Waals surface area contributed by atoms with E-state index >= 15 is 0 Å². The van der Waals surface area contributed by atoms with E-state index in [0.29, 0.717) is 5.92 Å². The Hall–Kier alpha value is -1.24. The molecule has 1 aliphatic rings. The molecule has 0 amide bonds. The highest BCUT2D eigenvalue weighted by atomic mass is 16.3. The molecule has 0 radical (unpaired) electrons. The molecule has 1 heterocycles. The van der Waals surface area contributed by atoms with Crippen molar-refractivity contribution in [3.63, 3.8) is 0 Å². The van der Waals surface area contributed by atoms with Gasteiger partial charge in [0.15, 0.2) is 0 Å². The molecule has 1 nitrogen and oxygen atoms in total. The summed E-state index contributed by atoms with van der Waals surface area (Å²) in [5.41, 5.74) is 3.98. The first-order valence-corrected chi connectivity index (χ1v) is 4.68. The van der Waals surface area contributed by atoms with E-state index < -0.39 is 0 Å². The summed E-state index contributed by atoms with van der Waals surface area (Å²) in [6.45, 7) is 4.40. The smallest absolute Gasteiger partial charge is 0.0977 e. The van der Waals surface area contributed by atoms with E-state index in [9.17, 15) is 0 Å². The van der Waals surface area contributed by atoms with Gasteiger partial charge in [0.1, 0.15) is 0 Å². The first-order chi connectivity index (χ1) is 6.27. The lowest BCUT2D eigenvalue weighted by Gasteiger charge is -2.17. The molecule has 0 aromatic carbocycles. The third-order valence-electron chi connectivity index (χ3n) is 2.56. The van der Waals surface area contributed by atoms with Crippen LogP contribution in [0, 0.1) is 5.92 Å². The Kier molecular flexibility index (Phi) is 2.09. The van der Waals surface area contributed by atoms with Crippen molar-refractivity contribution in [1.29, 1.82) is 0 Å². The van der Waals surface area contributed by atoms with Crippen LogP contribution in [0.5, 0.6) is 0 Å². The summed E-state index contributed by atoms with van der Waals surface area (Å²) in [6.07, 6.45) is 9.23. The molecule has 1 aromatic rings. The first kappa shape index (κ1) is 8.36. The number of hydrogen-bond acceptors (Lipinski definition) is 1. The van der Waals surface area contributed by atoms with Crippen LogP contribution >= 0.6 is 0 Å². The fraction of sp³-hybridized carbons (Fsp3) is 0.333. The quantitative estimate of drug-likeness (QED) is 0.633. The Morgan fingerprint density at radius 3 is 3.00 bits per heavy atom. The third kappa shape index (κ3) is 1.59. The Morgan fingerprint density at radius 1 is 1.46 bits per heavy atom. The fourth-order valence-electron chi connectivity index (χ4n) is 1.73. The van der Waals surface area contributed by atoms with Crippen molar-refractivity contribution in [2.24, 2.45) is 5.92 Å². The normalized spacial score (nSPS) is 22.5. The summed E-state index contributed by atoms with van der Waals surface area (Å²) in [5, 5.41) is 0. The highest BCUT2D eigenvalue weighted by Gasteiger charge is 2.14. The van der Waals surface area contributed by atoms with Gasteiger partial charge < -0.3 is 4.42 Å². The Balaban J connectivity index is 2.37. The molecule has 0 fully saturated rings. The topological polar surface area (TPSA) is 13.1 Å². The zero-order valence-corrected chi connectivity index (χ0v) is 8.08. The van der Waals surface area contributed by atoms with E-state index in [0.717, 1.165) is 6.42 Å². The second-order valence-corrected chi connectivity index (χ2v) is 3.70. The first-order valence-electron chi connectivity index (χ1n) is 4.68. The maximum absolute atomic E-state index is 5.09. The summed E-state index contributed by atoms with van der Waals surface area (Å²) < 4.78 is 5.09. The van der Waals surface area contributed by atoms with E-state index in [1.807, 2.05) is 12.3 Å². The fourth-order valence-corrected chi connectivity index (χ4v) is 1.73. The SMILES string of the molecule is CC1=CCC(C)C(c2ccoc2)=C1. The Morgan fingerprint density at radius 2 is 2.31 bits per heavy atom. The second-order valence-electron chi connectivity index (χ2n) is 3.70. The molecule has 1 aromatic heterocycles. The van der Waals surface area contributed by atoms with Gasteiger partial charge in [0.2, 0.25) is 0 Å². The maximum Gasteiger partial charge on any atom is 0.0977 e. The molecule has 0 spiro atoms. The van der Waals surface area contributed by atoms with Crippen molar-refractivity contribution in [2.45, 2.75) is 20.3 Å². The van der Waals surface area contributed by atoms with Crippen LogP contribution in [0.25, 0.3) is 5.57 Å². The zero-order valence-electron chi connectivity index (χ0n) is 8.08. The minimum Gasteiger partial charge on any atom is -0.472 e. The van der Waals surface area contributed by atoms with E-state index in [4.69, 9.17) is 4.42 Å². The third-order valence-corrected chi connectivity index (χ3v) is 2.56. The minimum absolute atomic E-state index is 0.612. The lowest BCUT2D eigenvalue weighted by molar-refractivity contribution is 0.566. The monoisotopic (exact) mass is 174 g/mol. The van der Waals surface area contributed by atoms with Gasteiger partial charge in [0.05, 0.1) is 12.5 Å². The number of hydrogen-bond donors (Lipinski definition) is 0. The maximum atomic E-state index is 5.09. The van der Waals surface area contributed by atoms with Crippen molar-refractivity contribution in [1.82, 2.24) is 0 Å². The number of rotatable bonds is 1. The molecular weight excluding hydrogens is 160 g/mol. The summed E-state index contributed by atoms with van der Waals surface area (Å²) >= 11 is 0. The molecule has 0 bridgehead atoms. The van der Waals surface area contributed by atoms with E-state index in [2.05, 4.69) is 26.0 Å². The highest BCUT2D eigenvalue weighted by Crippen LogP contribution is 2.31. The molecule has 68 valence electrons. The van der Waals surface area contributed by atoms with Crippen molar-refractivity contribution in [3.05, 3.63) is 41.9 Å². The van der Waals surface area contributed by atoms with E-state index in [1.165, 1.54) is 16.7 Å². The molecule has 0 saturated carbocycles. The number of allylic oxidation sites excluding steroid dienone is 4. The molecule has 0 N–H and O–H groups in total. The van der Waals surface area contributed by atoms with E-state index in [1.54, 1.807) is 6.26 Å². The molecule has 1 atom stereocenters. The van der Waals surface area contributed by atoms with Gasteiger partial charge >= 0.3 is 0 Å². The molecule has 13 heavy (non-hydrogen) atoms. The van der Waals surface area contributed by atoms with Gasteiger partial charge in [-0.25, -0.2) is 0 Å². The predicted octanol–water partition coefficient (Wildman–Crippen LogP) is 3.65. The van der Waals surface area contributed by atoms with Gasteiger partial charge in [-0.15, -0.1) is 0 Å². The average molecular weight is 174 g/mol. The second kappa shape index (κ2) is 3.25. The van der Waals surface area contributed by atoms with Crippen LogP contribution < -0.4 is 0 Å².